The maximum atomic E-state index is 12.4. The average Bonchev–Trinajstić information content (AvgIpc) is 2.75. The van der Waals surface area contributed by atoms with E-state index in [0.29, 0.717) is 6.54 Å². The summed E-state index contributed by atoms with van der Waals surface area (Å²) < 4.78 is 26.6. The summed E-state index contributed by atoms with van der Waals surface area (Å²) in [6.45, 7) is 5.43. The molecule has 2 rings (SSSR count). The molecule has 2 atom stereocenters. The molecule has 16 heavy (non-hydrogen) atoms. The molecule has 2 unspecified atom stereocenters. The Kier molecular flexibility index (Phi) is 3.56. The van der Waals surface area contributed by atoms with Crippen molar-refractivity contribution in [1.82, 2.24) is 9.62 Å². The lowest BCUT2D eigenvalue weighted by atomic mass is 10.2. The van der Waals surface area contributed by atoms with Gasteiger partial charge in [-0.15, -0.1) is 0 Å². The predicted octanol–water partition coefficient (Wildman–Crippen LogP) is 0.941. The maximum Gasteiger partial charge on any atom is 0.217 e. The number of rotatable bonds is 2. The van der Waals surface area contributed by atoms with Gasteiger partial charge in [-0.25, -0.2) is 8.42 Å². The highest BCUT2D eigenvalue weighted by Gasteiger charge is 2.38. The largest absolute Gasteiger partial charge is 0.311 e. The quantitative estimate of drug-likeness (QED) is 0.789. The van der Waals surface area contributed by atoms with Crippen LogP contribution in [0.2, 0.25) is 0 Å². The summed E-state index contributed by atoms with van der Waals surface area (Å²) in [5.41, 5.74) is 0. The number of sulfonamides is 1. The second-order valence-electron chi connectivity index (χ2n) is 5.18. The molecule has 0 radical (unpaired) electrons. The van der Waals surface area contributed by atoms with Crippen LogP contribution < -0.4 is 5.32 Å². The summed E-state index contributed by atoms with van der Waals surface area (Å²) in [5, 5.41) is 3.21. The zero-order chi connectivity index (χ0) is 11.8. The summed E-state index contributed by atoms with van der Waals surface area (Å²) in [4.78, 5) is 0. The van der Waals surface area contributed by atoms with Gasteiger partial charge in [0.2, 0.25) is 10.0 Å². The van der Waals surface area contributed by atoms with Crippen LogP contribution in [0.15, 0.2) is 0 Å². The molecular weight excluding hydrogens is 224 g/mol. The number of piperazine rings is 1. The van der Waals surface area contributed by atoms with Crippen LogP contribution in [0.1, 0.15) is 39.5 Å². The second-order valence-corrected chi connectivity index (χ2v) is 7.35. The number of nitrogens with zero attached hydrogens (tertiary/aromatic N) is 1. The third-order valence-corrected chi connectivity index (χ3v) is 6.23. The number of hydrogen-bond acceptors (Lipinski definition) is 3. The Labute approximate surface area is 98.4 Å². The van der Waals surface area contributed by atoms with Crippen LogP contribution in [0.3, 0.4) is 0 Å². The SMILES string of the molecule is CC1CN(S(=O)(=O)C2CCCC2)C(C)CN1. The Bertz CT molecular complexity index is 336. The lowest BCUT2D eigenvalue weighted by molar-refractivity contribution is 0.242. The van der Waals surface area contributed by atoms with Gasteiger partial charge in [-0.05, 0) is 26.7 Å². The third kappa shape index (κ3) is 2.26. The lowest BCUT2D eigenvalue weighted by Gasteiger charge is -2.37. The zero-order valence-electron chi connectivity index (χ0n) is 10.1. The van der Waals surface area contributed by atoms with Crippen molar-refractivity contribution in [2.24, 2.45) is 0 Å². The van der Waals surface area contributed by atoms with Crippen molar-refractivity contribution in [2.45, 2.75) is 56.9 Å². The second kappa shape index (κ2) is 4.63. The normalized spacial score (nSPS) is 34.4. The molecule has 94 valence electrons. The molecule has 2 aliphatic rings. The smallest absolute Gasteiger partial charge is 0.217 e. The topological polar surface area (TPSA) is 49.4 Å². The van der Waals surface area contributed by atoms with E-state index >= 15 is 0 Å². The highest BCUT2D eigenvalue weighted by Crippen LogP contribution is 2.28. The van der Waals surface area contributed by atoms with Gasteiger partial charge in [0.1, 0.15) is 0 Å². The van der Waals surface area contributed by atoms with E-state index in [1.807, 2.05) is 13.8 Å². The van der Waals surface area contributed by atoms with Gasteiger partial charge < -0.3 is 5.32 Å². The van der Waals surface area contributed by atoms with E-state index in [1.165, 1.54) is 0 Å². The zero-order valence-corrected chi connectivity index (χ0v) is 11.0. The fourth-order valence-corrected chi connectivity index (χ4v) is 5.04. The molecule has 1 heterocycles. The van der Waals surface area contributed by atoms with E-state index in [2.05, 4.69) is 5.32 Å². The first-order valence-corrected chi connectivity index (χ1v) is 7.76. The molecule has 0 aromatic carbocycles. The summed E-state index contributed by atoms with van der Waals surface area (Å²) in [6.07, 6.45) is 3.85. The fourth-order valence-electron chi connectivity index (χ4n) is 2.72. The molecule has 5 heteroatoms. The van der Waals surface area contributed by atoms with Gasteiger partial charge in [0, 0.05) is 25.2 Å². The van der Waals surface area contributed by atoms with Gasteiger partial charge in [-0.3, -0.25) is 0 Å². The molecule has 1 aliphatic heterocycles. The van der Waals surface area contributed by atoms with Crippen LogP contribution in [0.5, 0.6) is 0 Å². The molecule has 0 aromatic rings. The molecule has 0 bridgehead atoms. The molecule has 4 nitrogen and oxygen atoms in total. The van der Waals surface area contributed by atoms with Crippen LogP contribution in [-0.4, -0.2) is 43.1 Å². The van der Waals surface area contributed by atoms with Gasteiger partial charge in [0.05, 0.1) is 5.25 Å². The highest BCUT2D eigenvalue weighted by atomic mass is 32.2. The Morgan fingerprint density at radius 3 is 2.44 bits per heavy atom. The Morgan fingerprint density at radius 2 is 1.81 bits per heavy atom. The average molecular weight is 246 g/mol. The highest BCUT2D eigenvalue weighted by molar-refractivity contribution is 7.89. The minimum absolute atomic E-state index is 0.0989. The third-order valence-electron chi connectivity index (χ3n) is 3.76. The molecule has 1 N–H and O–H groups in total. The molecule has 2 fully saturated rings. The van der Waals surface area contributed by atoms with E-state index < -0.39 is 10.0 Å². The molecule has 0 spiro atoms. The van der Waals surface area contributed by atoms with Crippen LogP contribution in [-0.2, 0) is 10.0 Å². The Balaban J connectivity index is 2.14. The van der Waals surface area contributed by atoms with E-state index in [0.717, 1.165) is 32.2 Å². The van der Waals surface area contributed by atoms with Gasteiger partial charge >= 0.3 is 0 Å². The van der Waals surface area contributed by atoms with Crippen LogP contribution in [0, 0.1) is 0 Å². The number of hydrogen-bond donors (Lipinski definition) is 1. The summed E-state index contributed by atoms with van der Waals surface area (Å²) in [7, 11) is -3.05. The van der Waals surface area contributed by atoms with Crippen LogP contribution in [0.25, 0.3) is 0 Å². The summed E-state index contributed by atoms with van der Waals surface area (Å²) in [6, 6.07) is 0.370. The molecule has 1 saturated carbocycles. The van der Waals surface area contributed by atoms with Crippen molar-refractivity contribution in [3.8, 4) is 0 Å². The predicted molar refractivity (Wildman–Crippen MR) is 64.8 cm³/mol. The first-order valence-electron chi connectivity index (χ1n) is 6.26. The van der Waals surface area contributed by atoms with E-state index in [4.69, 9.17) is 0 Å². The fraction of sp³-hybridized carbons (Fsp3) is 1.00. The van der Waals surface area contributed by atoms with Crippen molar-refractivity contribution in [3.05, 3.63) is 0 Å². The summed E-state index contributed by atoms with van der Waals surface area (Å²) >= 11 is 0. The Hall–Kier alpha value is -0.130. The minimum atomic E-state index is -3.05. The van der Waals surface area contributed by atoms with Gasteiger partial charge in [0.25, 0.3) is 0 Å². The molecule has 1 saturated heterocycles. The van der Waals surface area contributed by atoms with Crippen molar-refractivity contribution in [1.29, 1.82) is 0 Å². The van der Waals surface area contributed by atoms with E-state index in [9.17, 15) is 8.42 Å². The van der Waals surface area contributed by atoms with Gasteiger partial charge in [0.15, 0.2) is 0 Å². The molecule has 0 aromatic heterocycles. The van der Waals surface area contributed by atoms with Crippen LogP contribution >= 0.6 is 0 Å². The lowest BCUT2D eigenvalue weighted by Crippen LogP contribution is -2.57. The van der Waals surface area contributed by atoms with Crippen molar-refractivity contribution in [2.75, 3.05) is 13.1 Å². The minimum Gasteiger partial charge on any atom is -0.311 e. The van der Waals surface area contributed by atoms with Crippen molar-refractivity contribution < 1.29 is 8.42 Å². The molecule has 0 amide bonds. The monoisotopic (exact) mass is 246 g/mol. The van der Waals surface area contributed by atoms with E-state index in [-0.39, 0.29) is 17.3 Å². The summed E-state index contributed by atoms with van der Waals surface area (Å²) in [5.74, 6) is 0. The Morgan fingerprint density at radius 1 is 1.19 bits per heavy atom. The van der Waals surface area contributed by atoms with E-state index in [1.54, 1.807) is 4.31 Å². The van der Waals surface area contributed by atoms with Crippen LogP contribution in [0.4, 0.5) is 0 Å². The van der Waals surface area contributed by atoms with Gasteiger partial charge in [-0.2, -0.15) is 4.31 Å². The van der Waals surface area contributed by atoms with Crippen molar-refractivity contribution in [3.63, 3.8) is 0 Å². The number of nitrogens with one attached hydrogen (secondary N) is 1. The first kappa shape index (κ1) is 12.3. The van der Waals surface area contributed by atoms with Gasteiger partial charge in [-0.1, -0.05) is 12.8 Å². The standard InChI is InChI=1S/C11H22N2O2S/c1-9-8-13(10(2)7-12-9)16(14,15)11-5-3-4-6-11/h9-12H,3-8H2,1-2H3. The first-order chi connectivity index (χ1) is 7.51. The maximum absolute atomic E-state index is 12.4. The van der Waals surface area contributed by atoms with Crippen molar-refractivity contribution >= 4 is 10.0 Å². The molecular formula is C11H22N2O2S. The molecule has 1 aliphatic carbocycles.